The number of rotatable bonds is 3. The zero-order valence-electron chi connectivity index (χ0n) is 10.3. The van der Waals surface area contributed by atoms with Crippen LogP contribution in [0.4, 0.5) is 5.69 Å². The predicted molar refractivity (Wildman–Crippen MR) is 91.1 cm³/mol. The summed E-state index contributed by atoms with van der Waals surface area (Å²) in [6.07, 6.45) is 0. The minimum absolute atomic E-state index is 0.00878. The number of benzene rings is 2. The van der Waals surface area contributed by atoms with E-state index in [9.17, 15) is 8.42 Å². The van der Waals surface area contributed by atoms with E-state index in [4.69, 9.17) is 28.5 Å². The lowest BCUT2D eigenvalue weighted by Crippen LogP contribution is -2.14. The molecule has 0 spiro atoms. The van der Waals surface area contributed by atoms with Gasteiger partial charge in [-0.15, -0.1) is 0 Å². The van der Waals surface area contributed by atoms with Crippen molar-refractivity contribution >= 4 is 61.5 Å². The molecule has 0 fully saturated rings. The molecule has 0 amide bonds. The predicted octanol–water partition coefficient (Wildman–Crippen LogP) is 4.27. The smallest absolute Gasteiger partial charge is 0.263 e. The molecule has 2 aromatic carbocycles. The molecule has 2 aromatic rings. The first-order valence-corrected chi connectivity index (χ1v) is 8.83. The van der Waals surface area contributed by atoms with Gasteiger partial charge in [0.2, 0.25) is 0 Å². The van der Waals surface area contributed by atoms with Gasteiger partial charge < -0.3 is 0 Å². The summed E-state index contributed by atoms with van der Waals surface area (Å²) in [5.74, 6) is 0. The second-order valence-electron chi connectivity index (χ2n) is 3.99. The number of hydrogen-bond donors (Lipinski definition) is 1. The molecule has 8 heteroatoms. The molecule has 0 aliphatic heterocycles. The summed E-state index contributed by atoms with van der Waals surface area (Å²) < 4.78 is 27.8. The maximum absolute atomic E-state index is 12.3. The first-order chi connectivity index (χ1) is 9.83. The lowest BCUT2D eigenvalue weighted by atomic mass is 10.2. The Kier molecular flexibility index (Phi) is 4.99. The summed E-state index contributed by atoms with van der Waals surface area (Å²) in [5.41, 5.74) is 0.695. The third-order valence-corrected chi connectivity index (χ3v) is 5.50. The van der Waals surface area contributed by atoms with Crippen LogP contribution in [0, 0.1) is 14.9 Å². The van der Waals surface area contributed by atoms with Gasteiger partial charge in [-0.2, -0.15) is 5.26 Å². The molecular formula is C13H7Cl2IN2O2S. The van der Waals surface area contributed by atoms with Crippen LogP contribution in [0.2, 0.25) is 10.0 Å². The first kappa shape index (κ1) is 16.4. The van der Waals surface area contributed by atoms with Crippen molar-refractivity contribution in [1.82, 2.24) is 0 Å². The lowest BCUT2D eigenvalue weighted by molar-refractivity contribution is 0.601. The van der Waals surface area contributed by atoms with E-state index in [1.165, 1.54) is 18.2 Å². The molecule has 108 valence electrons. The summed E-state index contributed by atoms with van der Waals surface area (Å²) in [7, 11) is -3.84. The molecule has 0 unspecified atom stereocenters. The third kappa shape index (κ3) is 3.80. The van der Waals surface area contributed by atoms with Crippen molar-refractivity contribution in [1.29, 1.82) is 5.26 Å². The summed E-state index contributed by atoms with van der Waals surface area (Å²) in [4.78, 5) is -0.0890. The Morgan fingerprint density at radius 1 is 1.14 bits per heavy atom. The summed E-state index contributed by atoms with van der Waals surface area (Å²) in [6.45, 7) is 0. The largest absolute Gasteiger partial charge is 0.279 e. The van der Waals surface area contributed by atoms with Gasteiger partial charge in [-0.05, 0) is 59.0 Å². The average molecular weight is 453 g/mol. The van der Waals surface area contributed by atoms with Crippen LogP contribution in [0.3, 0.4) is 0 Å². The van der Waals surface area contributed by atoms with Crippen LogP contribution in [0.5, 0.6) is 0 Å². The fraction of sp³-hybridized carbons (Fsp3) is 0. The minimum Gasteiger partial charge on any atom is -0.279 e. The van der Waals surface area contributed by atoms with Crippen LogP contribution < -0.4 is 4.72 Å². The van der Waals surface area contributed by atoms with Crippen LogP contribution in [0.25, 0.3) is 0 Å². The van der Waals surface area contributed by atoms with E-state index in [0.29, 0.717) is 19.8 Å². The Bertz CT molecular complexity index is 848. The van der Waals surface area contributed by atoms with Crippen molar-refractivity contribution in [3.8, 4) is 6.07 Å². The molecule has 0 heterocycles. The second kappa shape index (κ2) is 6.40. The van der Waals surface area contributed by atoms with Gasteiger partial charge in [0.05, 0.1) is 22.3 Å². The fourth-order valence-electron chi connectivity index (χ4n) is 1.56. The van der Waals surface area contributed by atoms with E-state index >= 15 is 0 Å². The molecular weight excluding hydrogens is 446 g/mol. The van der Waals surface area contributed by atoms with Gasteiger partial charge in [-0.3, -0.25) is 4.72 Å². The second-order valence-corrected chi connectivity index (χ2v) is 7.64. The molecule has 21 heavy (non-hydrogen) atoms. The maximum atomic E-state index is 12.3. The van der Waals surface area contributed by atoms with Crippen molar-refractivity contribution < 1.29 is 8.42 Å². The van der Waals surface area contributed by atoms with E-state index in [-0.39, 0.29) is 9.92 Å². The summed E-state index contributed by atoms with van der Waals surface area (Å²) in [5, 5.41) is 9.27. The highest BCUT2D eigenvalue weighted by molar-refractivity contribution is 14.1. The van der Waals surface area contributed by atoms with Gasteiger partial charge in [-0.1, -0.05) is 23.2 Å². The number of anilines is 1. The molecule has 4 nitrogen and oxygen atoms in total. The van der Waals surface area contributed by atoms with E-state index in [1.54, 1.807) is 18.2 Å². The monoisotopic (exact) mass is 452 g/mol. The number of halogens is 3. The molecule has 0 atom stereocenters. The van der Waals surface area contributed by atoms with Crippen molar-refractivity contribution in [3.05, 3.63) is 55.6 Å². The molecule has 0 aliphatic carbocycles. The van der Waals surface area contributed by atoms with Gasteiger partial charge in [0.15, 0.2) is 0 Å². The normalized spacial score (nSPS) is 11.0. The van der Waals surface area contributed by atoms with Gasteiger partial charge in [0, 0.05) is 8.59 Å². The Morgan fingerprint density at radius 3 is 2.43 bits per heavy atom. The van der Waals surface area contributed by atoms with Gasteiger partial charge in [0.1, 0.15) is 4.90 Å². The first-order valence-electron chi connectivity index (χ1n) is 5.51. The number of nitriles is 1. The lowest BCUT2D eigenvalue weighted by Gasteiger charge is -2.11. The maximum Gasteiger partial charge on any atom is 0.263 e. The van der Waals surface area contributed by atoms with Crippen molar-refractivity contribution in [2.24, 2.45) is 0 Å². The zero-order valence-corrected chi connectivity index (χ0v) is 14.8. The van der Waals surface area contributed by atoms with Crippen molar-refractivity contribution in [2.45, 2.75) is 4.90 Å². The summed E-state index contributed by atoms with van der Waals surface area (Å²) in [6, 6.07) is 10.7. The molecule has 0 radical (unpaired) electrons. The molecule has 0 aliphatic rings. The Morgan fingerprint density at radius 2 is 1.86 bits per heavy atom. The Balaban J connectivity index is 2.41. The van der Waals surface area contributed by atoms with E-state index in [0.717, 1.165) is 0 Å². The highest BCUT2D eigenvalue weighted by Gasteiger charge is 2.19. The highest BCUT2D eigenvalue weighted by Crippen LogP contribution is 2.28. The Hall–Kier alpha value is -1.01. The number of sulfonamides is 1. The topological polar surface area (TPSA) is 70.0 Å². The van der Waals surface area contributed by atoms with Gasteiger partial charge in [-0.25, -0.2) is 8.42 Å². The Labute approximate surface area is 145 Å². The molecule has 2 rings (SSSR count). The van der Waals surface area contributed by atoms with E-state index in [2.05, 4.69) is 4.72 Å². The van der Waals surface area contributed by atoms with Gasteiger partial charge >= 0.3 is 0 Å². The molecule has 1 N–H and O–H groups in total. The van der Waals surface area contributed by atoms with Crippen LogP contribution in [-0.2, 0) is 10.0 Å². The minimum atomic E-state index is -3.84. The molecule has 0 saturated heterocycles. The summed E-state index contributed by atoms with van der Waals surface area (Å²) >= 11 is 13.7. The SMILES string of the molecule is N#Cc1ccc(S(=O)(=O)Nc2ccc(Cl)cc2I)c(Cl)c1. The third-order valence-electron chi connectivity index (χ3n) is 2.53. The van der Waals surface area contributed by atoms with E-state index < -0.39 is 10.0 Å². The number of hydrogen-bond acceptors (Lipinski definition) is 3. The van der Waals surface area contributed by atoms with Crippen molar-refractivity contribution in [3.63, 3.8) is 0 Å². The molecule has 0 aromatic heterocycles. The number of nitrogens with one attached hydrogen (secondary N) is 1. The molecule has 0 bridgehead atoms. The van der Waals surface area contributed by atoms with Crippen LogP contribution in [-0.4, -0.2) is 8.42 Å². The zero-order chi connectivity index (χ0) is 15.6. The fourth-order valence-corrected chi connectivity index (χ4v) is 4.38. The van der Waals surface area contributed by atoms with Gasteiger partial charge in [0.25, 0.3) is 10.0 Å². The molecule has 0 saturated carbocycles. The van der Waals surface area contributed by atoms with Crippen molar-refractivity contribution in [2.75, 3.05) is 4.72 Å². The quantitative estimate of drug-likeness (QED) is 0.707. The highest BCUT2D eigenvalue weighted by atomic mass is 127. The van der Waals surface area contributed by atoms with E-state index in [1.807, 2.05) is 28.7 Å². The van der Waals surface area contributed by atoms with Crippen LogP contribution in [0.1, 0.15) is 5.56 Å². The van der Waals surface area contributed by atoms with Crippen LogP contribution >= 0.6 is 45.8 Å². The average Bonchev–Trinajstić information content (AvgIpc) is 2.41. The van der Waals surface area contributed by atoms with Crippen LogP contribution in [0.15, 0.2) is 41.3 Å². The number of nitrogens with zero attached hydrogens (tertiary/aromatic N) is 1. The standard InChI is InChI=1S/C13H7Cl2IN2O2S/c14-9-2-3-12(11(16)6-9)18-21(19,20)13-4-1-8(7-17)5-10(13)15/h1-6,18H.